The highest BCUT2D eigenvalue weighted by molar-refractivity contribution is 14.0. The Morgan fingerprint density at radius 1 is 1.17 bits per heavy atom. The molecule has 1 heterocycles. The van der Waals surface area contributed by atoms with Gasteiger partial charge in [0.25, 0.3) is 0 Å². The maximum atomic E-state index is 13.6. The molecule has 0 atom stereocenters. The minimum Gasteiger partial charge on any atom is -0.357 e. The molecule has 0 saturated carbocycles. The van der Waals surface area contributed by atoms with E-state index in [-0.39, 0.29) is 36.3 Å². The van der Waals surface area contributed by atoms with E-state index in [1.165, 1.54) is 18.2 Å². The molecule has 0 aliphatic carbocycles. The molecule has 0 unspecified atom stereocenters. The summed E-state index contributed by atoms with van der Waals surface area (Å²) in [5, 5.41) is 6.38. The van der Waals surface area contributed by atoms with E-state index in [0.717, 1.165) is 23.9 Å². The number of rotatable bonds is 8. The van der Waals surface area contributed by atoms with E-state index in [0.29, 0.717) is 30.2 Å². The summed E-state index contributed by atoms with van der Waals surface area (Å²) in [4.78, 5) is 8.76. The molecule has 0 amide bonds. The normalized spacial score (nSPS) is 11.7. The second kappa shape index (κ2) is 12.1. The van der Waals surface area contributed by atoms with Gasteiger partial charge in [0.05, 0.1) is 12.3 Å². The number of sulfone groups is 1. The molecule has 0 bridgehead atoms. The lowest BCUT2D eigenvalue weighted by atomic mass is 10.1. The summed E-state index contributed by atoms with van der Waals surface area (Å²) in [5.74, 6) is 0.0483. The summed E-state index contributed by atoms with van der Waals surface area (Å²) in [5.41, 5.74) is 3.22. The highest BCUT2D eigenvalue weighted by Gasteiger charge is 2.10. The van der Waals surface area contributed by atoms with Crippen molar-refractivity contribution in [3.05, 3.63) is 64.7 Å². The third kappa shape index (κ3) is 9.53. The number of nitrogens with zero attached hydrogens (tertiary/aromatic N) is 2. The quantitative estimate of drug-likeness (QED) is 0.309. The number of aromatic nitrogens is 1. The van der Waals surface area contributed by atoms with E-state index < -0.39 is 15.7 Å². The smallest absolute Gasteiger partial charge is 0.191 e. The van der Waals surface area contributed by atoms with Gasteiger partial charge in [0.2, 0.25) is 0 Å². The van der Waals surface area contributed by atoms with Crippen molar-refractivity contribution < 1.29 is 12.8 Å². The summed E-state index contributed by atoms with van der Waals surface area (Å²) in [7, 11) is -3.22. The lowest BCUT2D eigenvalue weighted by molar-refractivity contribution is 0.600. The van der Waals surface area contributed by atoms with Crippen molar-refractivity contribution in [2.45, 2.75) is 32.6 Å². The van der Waals surface area contributed by atoms with Crippen LogP contribution in [0.1, 0.15) is 29.3 Å². The van der Waals surface area contributed by atoms with Gasteiger partial charge in [-0.15, -0.1) is 24.0 Å². The molecule has 2 rings (SSSR count). The zero-order chi connectivity index (χ0) is 20.6. The number of hydrogen-bond donors (Lipinski definition) is 2. The lowest BCUT2D eigenvalue weighted by Gasteiger charge is -2.12. The molecule has 0 aliphatic rings. The van der Waals surface area contributed by atoms with Crippen molar-refractivity contribution >= 4 is 39.8 Å². The highest BCUT2D eigenvalue weighted by Crippen LogP contribution is 2.15. The summed E-state index contributed by atoms with van der Waals surface area (Å²) < 4.78 is 36.9. The number of aryl methyl sites for hydroxylation is 1. The van der Waals surface area contributed by atoms with Crippen LogP contribution in [0.25, 0.3) is 0 Å². The van der Waals surface area contributed by atoms with Gasteiger partial charge >= 0.3 is 0 Å². The molecule has 0 aliphatic heterocycles. The van der Waals surface area contributed by atoms with Crippen molar-refractivity contribution in [3.63, 3.8) is 0 Å². The van der Waals surface area contributed by atoms with E-state index in [1.54, 1.807) is 0 Å². The van der Waals surface area contributed by atoms with Gasteiger partial charge in [0.15, 0.2) is 15.8 Å². The molecule has 0 radical (unpaired) electrons. The molecule has 6 nitrogen and oxygen atoms in total. The molecule has 160 valence electrons. The van der Waals surface area contributed by atoms with Crippen molar-refractivity contribution in [2.75, 3.05) is 19.3 Å². The van der Waals surface area contributed by atoms with Gasteiger partial charge in [-0.2, -0.15) is 0 Å². The van der Waals surface area contributed by atoms with Gasteiger partial charge in [-0.05, 0) is 55.2 Å². The Morgan fingerprint density at radius 3 is 2.55 bits per heavy atom. The lowest BCUT2D eigenvalue weighted by Crippen LogP contribution is -2.38. The van der Waals surface area contributed by atoms with Crippen LogP contribution in [-0.4, -0.2) is 38.7 Å². The first kappa shape index (κ1) is 25.3. The molecule has 2 aromatic rings. The van der Waals surface area contributed by atoms with E-state index in [2.05, 4.69) is 20.6 Å². The van der Waals surface area contributed by atoms with Crippen LogP contribution in [0.3, 0.4) is 0 Å². The summed E-state index contributed by atoms with van der Waals surface area (Å²) in [6.45, 7) is 5.43. The van der Waals surface area contributed by atoms with Crippen LogP contribution in [0, 0.1) is 12.7 Å². The van der Waals surface area contributed by atoms with Gasteiger partial charge in [-0.3, -0.25) is 4.98 Å². The van der Waals surface area contributed by atoms with E-state index in [4.69, 9.17) is 0 Å². The first-order chi connectivity index (χ1) is 13.3. The van der Waals surface area contributed by atoms with Gasteiger partial charge in [0.1, 0.15) is 5.82 Å². The van der Waals surface area contributed by atoms with Crippen LogP contribution in [-0.2, 0) is 28.6 Å². The number of aliphatic imine (C=N–C) groups is 1. The zero-order valence-corrected chi connectivity index (χ0v) is 20.1. The number of benzene rings is 1. The first-order valence-electron chi connectivity index (χ1n) is 9.15. The Balaban J connectivity index is 0.00000420. The molecule has 29 heavy (non-hydrogen) atoms. The number of halogens is 2. The summed E-state index contributed by atoms with van der Waals surface area (Å²) in [6.07, 6.45) is 3.80. The maximum absolute atomic E-state index is 13.6. The van der Waals surface area contributed by atoms with Crippen molar-refractivity contribution in [1.82, 2.24) is 15.6 Å². The fourth-order valence-corrected chi connectivity index (χ4v) is 3.49. The van der Waals surface area contributed by atoms with Gasteiger partial charge < -0.3 is 10.6 Å². The Labute approximate surface area is 189 Å². The monoisotopic (exact) mass is 534 g/mol. The van der Waals surface area contributed by atoms with E-state index >= 15 is 0 Å². The third-order valence-corrected chi connectivity index (χ3v) is 4.85. The average Bonchev–Trinajstić information content (AvgIpc) is 2.62. The van der Waals surface area contributed by atoms with Crippen LogP contribution in [0.5, 0.6) is 0 Å². The number of hydrogen-bond acceptors (Lipinski definition) is 4. The fraction of sp³-hybridized carbons (Fsp3) is 0.400. The number of pyridine rings is 1. The van der Waals surface area contributed by atoms with Gasteiger partial charge in [0, 0.05) is 31.2 Å². The Bertz CT molecular complexity index is 919. The van der Waals surface area contributed by atoms with Crippen LogP contribution in [0.4, 0.5) is 4.39 Å². The molecule has 0 fully saturated rings. The summed E-state index contributed by atoms with van der Waals surface area (Å²) >= 11 is 0. The predicted molar refractivity (Wildman–Crippen MR) is 126 cm³/mol. The fourth-order valence-electron chi connectivity index (χ4n) is 2.64. The molecule has 1 aromatic heterocycles. The van der Waals surface area contributed by atoms with Crippen LogP contribution in [0.15, 0.2) is 41.5 Å². The van der Waals surface area contributed by atoms with E-state index in [9.17, 15) is 12.8 Å². The van der Waals surface area contributed by atoms with Crippen LogP contribution in [0.2, 0.25) is 0 Å². The molecule has 9 heteroatoms. The molecule has 2 N–H and O–H groups in total. The van der Waals surface area contributed by atoms with Gasteiger partial charge in [-0.25, -0.2) is 17.8 Å². The second-order valence-electron chi connectivity index (χ2n) is 6.66. The van der Waals surface area contributed by atoms with Crippen molar-refractivity contribution in [3.8, 4) is 0 Å². The van der Waals surface area contributed by atoms with Gasteiger partial charge in [-0.1, -0.05) is 12.1 Å². The Morgan fingerprint density at radius 2 is 1.93 bits per heavy atom. The molecule has 0 spiro atoms. The minimum absolute atomic E-state index is 0. The van der Waals surface area contributed by atoms with Crippen molar-refractivity contribution in [2.24, 2.45) is 4.99 Å². The molecular formula is C20H28FIN4O2S. The van der Waals surface area contributed by atoms with E-state index in [1.807, 2.05) is 32.2 Å². The SMILES string of the molecule is CCNC(=NCc1cc(F)ccc1CS(C)(=O)=O)NCCc1ccc(C)nc1.I. The number of guanidine groups is 1. The standard InChI is InChI=1S/C20H27FN4O2S.HI/c1-4-22-20(23-10-9-16-6-5-15(2)24-12-16)25-13-18-11-19(21)8-7-17(18)14-28(3,26)27;/h5-8,11-12H,4,9-10,13-14H2,1-3H3,(H2,22,23,25);1H. The molecule has 0 saturated heterocycles. The predicted octanol–water partition coefficient (Wildman–Crippen LogP) is 2.99. The topological polar surface area (TPSA) is 83.5 Å². The largest absolute Gasteiger partial charge is 0.357 e. The first-order valence-corrected chi connectivity index (χ1v) is 11.2. The second-order valence-corrected chi connectivity index (χ2v) is 8.80. The average molecular weight is 534 g/mol. The summed E-state index contributed by atoms with van der Waals surface area (Å²) in [6, 6.07) is 8.13. The Hall–Kier alpha value is -1.75. The van der Waals surface area contributed by atoms with Crippen molar-refractivity contribution in [1.29, 1.82) is 0 Å². The Kier molecular flexibility index (Phi) is 10.5. The van der Waals surface area contributed by atoms with Crippen LogP contribution >= 0.6 is 24.0 Å². The number of nitrogens with one attached hydrogen (secondary N) is 2. The maximum Gasteiger partial charge on any atom is 0.191 e. The minimum atomic E-state index is -3.22. The highest BCUT2D eigenvalue weighted by atomic mass is 127. The third-order valence-electron chi connectivity index (χ3n) is 4.02. The zero-order valence-electron chi connectivity index (χ0n) is 16.9. The van der Waals surface area contributed by atoms with Crippen LogP contribution < -0.4 is 10.6 Å². The molecular weight excluding hydrogens is 506 g/mol. The molecule has 1 aromatic carbocycles.